The standard InChI is InChI=1S/C52H92O6/c1-4-7-10-13-16-19-22-25-27-30-33-36-39-42-45-51(54)57-48-49(47-56-50(53)44-41-38-35-32-29-24-21-18-15-12-9-6-3)58-52(55)46-43-40-37-34-31-28-26-23-20-17-14-11-8-5-2/h13-14,16-17,22-23,25-26,49H,4-12,15,18-21,24,27-48H2,1-3H3/b16-13-,17-14-,25-22-,26-23-. The molecule has 0 N–H and O–H groups in total. The summed E-state index contributed by atoms with van der Waals surface area (Å²) in [5, 5.41) is 0. The molecule has 0 saturated carbocycles. The molecule has 0 aliphatic carbocycles. The summed E-state index contributed by atoms with van der Waals surface area (Å²) >= 11 is 0. The van der Waals surface area contributed by atoms with Gasteiger partial charge in [0.2, 0.25) is 0 Å². The lowest BCUT2D eigenvalue weighted by Gasteiger charge is -2.18. The summed E-state index contributed by atoms with van der Waals surface area (Å²) in [6, 6.07) is 0. The number of ether oxygens (including phenoxy) is 3. The number of carbonyl (C=O) groups excluding carboxylic acids is 3. The third-order valence-corrected chi connectivity index (χ3v) is 10.6. The van der Waals surface area contributed by atoms with Crippen LogP contribution in [0.1, 0.15) is 245 Å². The molecule has 58 heavy (non-hydrogen) atoms. The molecule has 0 bridgehead atoms. The van der Waals surface area contributed by atoms with Crippen LogP contribution in [-0.4, -0.2) is 37.2 Å². The highest BCUT2D eigenvalue weighted by atomic mass is 16.6. The van der Waals surface area contributed by atoms with E-state index in [1.165, 1.54) is 103 Å². The molecule has 0 fully saturated rings. The van der Waals surface area contributed by atoms with Crippen molar-refractivity contribution < 1.29 is 28.6 Å². The van der Waals surface area contributed by atoms with Gasteiger partial charge in [-0.3, -0.25) is 14.4 Å². The van der Waals surface area contributed by atoms with Crippen molar-refractivity contribution in [1.82, 2.24) is 0 Å². The summed E-state index contributed by atoms with van der Waals surface area (Å²) in [5.74, 6) is -0.907. The highest BCUT2D eigenvalue weighted by Crippen LogP contribution is 2.14. The van der Waals surface area contributed by atoms with Crippen molar-refractivity contribution in [2.75, 3.05) is 13.2 Å². The van der Waals surface area contributed by atoms with Gasteiger partial charge in [-0.15, -0.1) is 0 Å². The van der Waals surface area contributed by atoms with Crippen molar-refractivity contribution in [3.8, 4) is 0 Å². The molecule has 336 valence electrons. The fraction of sp³-hybridized carbons (Fsp3) is 0.788. The van der Waals surface area contributed by atoms with Crippen molar-refractivity contribution in [3.05, 3.63) is 48.6 Å². The topological polar surface area (TPSA) is 78.9 Å². The predicted octanol–water partition coefficient (Wildman–Crippen LogP) is 15.9. The first-order valence-corrected chi connectivity index (χ1v) is 24.6. The quantitative estimate of drug-likeness (QED) is 0.0264. The van der Waals surface area contributed by atoms with E-state index in [1.54, 1.807) is 0 Å². The van der Waals surface area contributed by atoms with E-state index in [2.05, 4.69) is 69.4 Å². The fourth-order valence-electron chi connectivity index (χ4n) is 6.77. The number of unbranched alkanes of at least 4 members (excludes halogenated alkanes) is 25. The van der Waals surface area contributed by atoms with Gasteiger partial charge in [-0.25, -0.2) is 0 Å². The van der Waals surface area contributed by atoms with Crippen molar-refractivity contribution >= 4 is 17.9 Å². The summed E-state index contributed by atoms with van der Waals surface area (Å²) in [5.41, 5.74) is 0. The summed E-state index contributed by atoms with van der Waals surface area (Å²) in [7, 11) is 0. The minimum Gasteiger partial charge on any atom is -0.462 e. The Morgan fingerprint density at radius 1 is 0.345 bits per heavy atom. The van der Waals surface area contributed by atoms with E-state index in [0.717, 1.165) is 103 Å². The summed E-state index contributed by atoms with van der Waals surface area (Å²) in [6.07, 6.45) is 55.1. The third-order valence-electron chi connectivity index (χ3n) is 10.6. The zero-order chi connectivity index (χ0) is 42.3. The Kier molecular flexibility index (Phi) is 44.9. The van der Waals surface area contributed by atoms with E-state index < -0.39 is 6.10 Å². The molecule has 6 nitrogen and oxygen atoms in total. The molecule has 0 spiro atoms. The number of hydrogen-bond donors (Lipinski definition) is 0. The lowest BCUT2D eigenvalue weighted by atomic mass is 10.0. The maximum Gasteiger partial charge on any atom is 0.306 e. The first-order valence-electron chi connectivity index (χ1n) is 24.6. The van der Waals surface area contributed by atoms with Crippen LogP contribution >= 0.6 is 0 Å². The zero-order valence-corrected chi connectivity index (χ0v) is 38.3. The van der Waals surface area contributed by atoms with E-state index in [-0.39, 0.29) is 31.1 Å². The average Bonchev–Trinajstić information content (AvgIpc) is 3.22. The summed E-state index contributed by atoms with van der Waals surface area (Å²) in [6.45, 7) is 6.53. The highest BCUT2D eigenvalue weighted by Gasteiger charge is 2.19. The minimum atomic E-state index is -0.782. The van der Waals surface area contributed by atoms with Crippen LogP contribution < -0.4 is 0 Å². The van der Waals surface area contributed by atoms with Crippen LogP contribution in [0.25, 0.3) is 0 Å². The molecule has 0 heterocycles. The highest BCUT2D eigenvalue weighted by molar-refractivity contribution is 5.71. The van der Waals surface area contributed by atoms with E-state index in [0.29, 0.717) is 19.3 Å². The van der Waals surface area contributed by atoms with Crippen molar-refractivity contribution in [1.29, 1.82) is 0 Å². The molecule has 6 heteroatoms. The van der Waals surface area contributed by atoms with Gasteiger partial charge in [-0.05, 0) is 70.6 Å². The Labute approximate surface area is 358 Å². The Morgan fingerprint density at radius 3 is 1.00 bits per heavy atom. The van der Waals surface area contributed by atoms with Gasteiger partial charge in [0.15, 0.2) is 6.10 Å². The SMILES string of the molecule is CCCC/C=C\C/C=C\CCCCCCCC(=O)OCC(COC(=O)CCCCCCCCCCCCCC)OC(=O)CCCCCCC/C=C\C/C=C\CCCC. The van der Waals surface area contributed by atoms with Gasteiger partial charge in [-0.1, -0.05) is 204 Å². The van der Waals surface area contributed by atoms with Gasteiger partial charge in [0.1, 0.15) is 13.2 Å². The largest absolute Gasteiger partial charge is 0.462 e. The molecule has 1 unspecified atom stereocenters. The lowest BCUT2D eigenvalue weighted by Crippen LogP contribution is -2.30. The average molecular weight is 813 g/mol. The molecule has 0 rings (SSSR count). The van der Waals surface area contributed by atoms with Gasteiger partial charge < -0.3 is 14.2 Å². The van der Waals surface area contributed by atoms with Gasteiger partial charge in [0.05, 0.1) is 0 Å². The molecule has 0 aromatic carbocycles. The van der Waals surface area contributed by atoms with E-state index in [4.69, 9.17) is 14.2 Å². The van der Waals surface area contributed by atoms with Crippen LogP contribution in [0, 0.1) is 0 Å². The Bertz CT molecular complexity index is 1030. The van der Waals surface area contributed by atoms with Gasteiger partial charge >= 0.3 is 17.9 Å². The molecule has 0 aromatic rings. The molecule has 0 radical (unpaired) electrons. The molecule has 0 amide bonds. The zero-order valence-electron chi connectivity index (χ0n) is 38.3. The van der Waals surface area contributed by atoms with Crippen LogP contribution in [0.4, 0.5) is 0 Å². The number of hydrogen-bond acceptors (Lipinski definition) is 6. The predicted molar refractivity (Wildman–Crippen MR) is 247 cm³/mol. The normalized spacial score (nSPS) is 12.4. The molecule has 0 aliphatic heterocycles. The molecular formula is C52H92O6. The monoisotopic (exact) mass is 813 g/mol. The maximum absolute atomic E-state index is 12.8. The second kappa shape index (κ2) is 47.1. The number of rotatable bonds is 44. The van der Waals surface area contributed by atoms with Gasteiger partial charge in [0.25, 0.3) is 0 Å². The van der Waals surface area contributed by atoms with Crippen LogP contribution in [0.15, 0.2) is 48.6 Å². The van der Waals surface area contributed by atoms with Crippen LogP contribution in [0.3, 0.4) is 0 Å². The number of carbonyl (C=O) groups is 3. The molecule has 0 aromatic heterocycles. The van der Waals surface area contributed by atoms with E-state index in [1.807, 2.05) is 0 Å². The summed E-state index contributed by atoms with van der Waals surface area (Å²) < 4.78 is 16.7. The number of allylic oxidation sites excluding steroid dienone is 8. The Balaban J connectivity index is 4.41. The van der Waals surface area contributed by atoms with E-state index in [9.17, 15) is 14.4 Å². The second-order valence-corrected chi connectivity index (χ2v) is 16.4. The minimum absolute atomic E-state index is 0.0816. The maximum atomic E-state index is 12.8. The van der Waals surface area contributed by atoms with Crippen molar-refractivity contribution in [2.45, 2.75) is 252 Å². The lowest BCUT2D eigenvalue weighted by molar-refractivity contribution is -0.167. The third kappa shape index (κ3) is 44.5. The smallest absolute Gasteiger partial charge is 0.306 e. The first kappa shape index (κ1) is 55.4. The molecule has 0 saturated heterocycles. The molecular weight excluding hydrogens is 721 g/mol. The number of esters is 3. The Morgan fingerprint density at radius 2 is 0.638 bits per heavy atom. The van der Waals surface area contributed by atoms with Crippen LogP contribution in [0.5, 0.6) is 0 Å². The van der Waals surface area contributed by atoms with Crippen molar-refractivity contribution in [2.24, 2.45) is 0 Å². The van der Waals surface area contributed by atoms with Gasteiger partial charge in [-0.2, -0.15) is 0 Å². The van der Waals surface area contributed by atoms with Gasteiger partial charge in [0, 0.05) is 19.3 Å². The molecule has 0 aliphatic rings. The van der Waals surface area contributed by atoms with Crippen LogP contribution in [0.2, 0.25) is 0 Å². The fourth-order valence-corrected chi connectivity index (χ4v) is 6.77. The summed E-state index contributed by atoms with van der Waals surface area (Å²) in [4.78, 5) is 37.9. The first-order chi connectivity index (χ1) is 28.5. The Hall–Kier alpha value is -2.63. The second-order valence-electron chi connectivity index (χ2n) is 16.4. The molecule has 1 atom stereocenters. The van der Waals surface area contributed by atoms with Crippen LogP contribution in [-0.2, 0) is 28.6 Å². The van der Waals surface area contributed by atoms with Crippen molar-refractivity contribution in [3.63, 3.8) is 0 Å². The van der Waals surface area contributed by atoms with E-state index >= 15 is 0 Å².